The average molecular weight is 287 g/mol. The molecule has 21 heavy (non-hydrogen) atoms. The zero-order valence-electron chi connectivity index (χ0n) is 12.8. The highest BCUT2D eigenvalue weighted by Crippen LogP contribution is 2.30. The number of aryl methyl sites for hydroxylation is 2. The zero-order chi connectivity index (χ0) is 14.8. The van der Waals surface area contributed by atoms with Crippen LogP contribution in [0, 0.1) is 13.8 Å². The normalized spacial score (nSPS) is 18.7. The molecule has 2 heterocycles. The summed E-state index contributed by atoms with van der Waals surface area (Å²) >= 11 is 0. The number of benzene rings is 1. The predicted molar refractivity (Wildman–Crippen MR) is 80.4 cm³/mol. The third-order valence-corrected chi connectivity index (χ3v) is 3.97. The van der Waals surface area contributed by atoms with Crippen LogP contribution in [0.25, 0.3) is 11.4 Å². The Morgan fingerprint density at radius 3 is 2.62 bits per heavy atom. The highest BCUT2D eigenvalue weighted by Gasteiger charge is 2.21. The molecule has 5 nitrogen and oxygen atoms in total. The van der Waals surface area contributed by atoms with Crippen molar-refractivity contribution in [2.24, 2.45) is 0 Å². The second-order valence-corrected chi connectivity index (χ2v) is 5.60. The van der Waals surface area contributed by atoms with E-state index in [4.69, 9.17) is 9.26 Å². The molecule has 112 valence electrons. The highest BCUT2D eigenvalue weighted by atomic mass is 16.5. The Balaban J connectivity index is 1.89. The molecule has 1 aliphatic rings. The Morgan fingerprint density at radius 2 is 2.00 bits per heavy atom. The summed E-state index contributed by atoms with van der Waals surface area (Å²) in [6.07, 6.45) is 3.48. The van der Waals surface area contributed by atoms with Crippen molar-refractivity contribution in [3.8, 4) is 17.1 Å². The van der Waals surface area contributed by atoms with Gasteiger partial charge < -0.3 is 14.6 Å². The minimum Gasteiger partial charge on any atom is -0.496 e. The van der Waals surface area contributed by atoms with E-state index in [1.54, 1.807) is 7.11 Å². The second-order valence-electron chi connectivity index (χ2n) is 5.60. The van der Waals surface area contributed by atoms with Gasteiger partial charge in [0.1, 0.15) is 5.75 Å². The lowest BCUT2D eigenvalue weighted by molar-refractivity contribution is 0.297. The lowest BCUT2D eigenvalue weighted by atomic mass is 10.0. The minimum atomic E-state index is 0.195. The topological polar surface area (TPSA) is 60.2 Å². The maximum absolute atomic E-state index is 5.44. The van der Waals surface area contributed by atoms with Crippen LogP contribution in [0.15, 0.2) is 16.7 Å². The molecule has 3 rings (SSSR count). The molecule has 0 radical (unpaired) electrons. The summed E-state index contributed by atoms with van der Waals surface area (Å²) in [7, 11) is 1.69. The van der Waals surface area contributed by atoms with Crippen molar-refractivity contribution in [3.05, 3.63) is 29.2 Å². The molecule has 1 aliphatic heterocycles. The number of nitrogens with one attached hydrogen (secondary N) is 1. The van der Waals surface area contributed by atoms with E-state index in [0.29, 0.717) is 11.7 Å². The van der Waals surface area contributed by atoms with Gasteiger partial charge in [-0.05, 0) is 56.5 Å². The number of rotatable bonds is 3. The lowest BCUT2D eigenvalue weighted by Crippen LogP contribution is -2.26. The summed E-state index contributed by atoms with van der Waals surface area (Å²) < 4.78 is 10.8. The van der Waals surface area contributed by atoms with Gasteiger partial charge in [0.2, 0.25) is 11.7 Å². The molecule has 0 unspecified atom stereocenters. The first-order valence-electron chi connectivity index (χ1n) is 7.41. The largest absolute Gasteiger partial charge is 0.496 e. The molecule has 5 heteroatoms. The SMILES string of the molecule is COc1c(C)cc(-c2noc([C@H]3CCCCN3)n2)cc1C. The Hall–Kier alpha value is -1.88. The minimum absolute atomic E-state index is 0.195. The Morgan fingerprint density at radius 1 is 1.24 bits per heavy atom. The van der Waals surface area contributed by atoms with Crippen LogP contribution in [0.5, 0.6) is 5.75 Å². The molecule has 0 bridgehead atoms. The smallest absolute Gasteiger partial charge is 0.244 e. The van der Waals surface area contributed by atoms with Crippen LogP contribution in [0.3, 0.4) is 0 Å². The Bertz CT molecular complexity index is 607. The Labute approximate surface area is 124 Å². The molecule has 0 aliphatic carbocycles. The van der Waals surface area contributed by atoms with E-state index < -0.39 is 0 Å². The van der Waals surface area contributed by atoms with Crippen LogP contribution < -0.4 is 10.1 Å². The molecule has 1 fully saturated rings. The number of hydrogen-bond donors (Lipinski definition) is 1. The van der Waals surface area contributed by atoms with E-state index in [-0.39, 0.29) is 6.04 Å². The quantitative estimate of drug-likeness (QED) is 0.939. The van der Waals surface area contributed by atoms with Gasteiger partial charge in [-0.25, -0.2) is 0 Å². The molecule has 0 saturated carbocycles. The molecular formula is C16H21N3O2. The van der Waals surface area contributed by atoms with Crippen LogP contribution in [0.4, 0.5) is 0 Å². The van der Waals surface area contributed by atoms with E-state index >= 15 is 0 Å². The molecule has 1 atom stereocenters. The summed E-state index contributed by atoms with van der Waals surface area (Å²) in [5.41, 5.74) is 3.13. The fourth-order valence-electron chi connectivity index (χ4n) is 2.96. The number of nitrogens with zero attached hydrogens (tertiary/aromatic N) is 2. The Kier molecular flexibility index (Phi) is 3.92. The van der Waals surface area contributed by atoms with E-state index in [9.17, 15) is 0 Å². The highest BCUT2D eigenvalue weighted by molar-refractivity contribution is 5.60. The third kappa shape index (κ3) is 2.78. The molecule has 1 aromatic carbocycles. The molecule has 1 saturated heterocycles. The second kappa shape index (κ2) is 5.85. The molecular weight excluding hydrogens is 266 g/mol. The van der Waals surface area contributed by atoms with Crippen LogP contribution >= 0.6 is 0 Å². The third-order valence-electron chi connectivity index (χ3n) is 3.97. The molecule has 2 aromatic rings. The van der Waals surface area contributed by atoms with Gasteiger partial charge in [0.05, 0.1) is 13.2 Å². The van der Waals surface area contributed by atoms with Crippen molar-refractivity contribution in [1.82, 2.24) is 15.5 Å². The van der Waals surface area contributed by atoms with Crippen molar-refractivity contribution < 1.29 is 9.26 Å². The van der Waals surface area contributed by atoms with Crippen molar-refractivity contribution in [2.75, 3.05) is 13.7 Å². The monoisotopic (exact) mass is 287 g/mol. The number of hydrogen-bond acceptors (Lipinski definition) is 5. The fraction of sp³-hybridized carbons (Fsp3) is 0.500. The molecule has 1 N–H and O–H groups in total. The summed E-state index contributed by atoms with van der Waals surface area (Å²) in [5, 5.41) is 7.56. The van der Waals surface area contributed by atoms with Gasteiger partial charge in [-0.3, -0.25) is 0 Å². The van der Waals surface area contributed by atoms with E-state index in [1.165, 1.54) is 12.8 Å². The van der Waals surface area contributed by atoms with Crippen LogP contribution in [0.2, 0.25) is 0 Å². The summed E-state index contributed by atoms with van der Waals surface area (Å²) in [6.45, 7) is 5.07. The number of aromatic nitrogens is 2. The maximum atomic E-state index is 5.44. The maximum Gasteiger partial charge on any atom is 0.244 e. The number of methoxy groups -OCH3 is 1. The van der Waals surface area contributed by atoms with Gasteiger partial charge in [0.15, 0.2) is 0 Å². The summed E-state index contributed by atoms with van der Waals surface area (Å²) in [5.74, 6) is 2.25. The van der Waals surface area contributed by atoms with E-state index in [1.807, 2.05) is 26.0 Å². The molecule has 0 spiro atoms. The van der Waals surface area contributed by atoms with Crippen LogP contribution in [-0.4, -0.2) is 23.8 Å². The number of ether oxygens (including phenoxy) is 1. The number of piperidine rings is 1. The van der Waals surface area contributed by atoms with E-state index in [2.05, 4.69) is 15.5 Å². The first-order valence-corrected chi connectivity index (χ1v) is 7.41. The van der Waals surface area contributed by atoms with Gasteiger partial charge in [0.25, 0.3) is 0 Å². The van der Waals surface area contributed by atoms with Crippen molar-refractivity contribution in [2.45, 2.75) is 39.2 Å². The molecule has 1 aromatic heterocycles. The van der Waals surface area contributed by atoms with Gasteiger partial charge >= 0.3 is 0 Å². The zero-order valence-corrected chi connectivity index (χ0v) is 12.8. The molecule has 0 amide bonds. The fourth-order valence-corrected chi connectivity index (χ4v) is 2.96. The first kappa shape index (κ1) is 14.1. The standard InChI is InChI=1S/C16H21N3O2/c1-10-8-12(9-11(2)14(10)20-3)15-18-16(21-19-15)13-6-4-5-7-17-13/h8-9,13,17H,4-7H2,1-3H3/t13-/m1/s1. The lowest BCUT2D eigenvalue weighted by Gasteiger charge is -2.19. The van der Waals surface area contributed by atoms with Crippen LogP contribution in [0.1, 0.15) is 42.3 Å². The van der Waals surface area contributed by atoms with Gasteiger partial charge in [-0.1, -0.05) is 11.6 Å². The predicted octanol–water partition coefficient (Wildman–Crippen LogP) is 3.18. The first-order chi connectivity index (χ1) is 10.2. The van der Waals surface area contributed by atoms with Crippen molar-refractivity contribution >= 4 is 0 Å². The van der Waals surface area contributed by atoms with Gasteiger partial charge in [-0.2, -0.15) is 4.98 Å². The summed E-state index contributed by atoms with van der Waals surface area (Å²) in [4.78, 5) is 4.56. The van der Waals surface area contributed by atoms with Gasteiger partial charge in [-0.15, -0.1) is 0 Å². The van der Waals surface area contributed by atoms with E-state index in [0.717, 1.165) is 35.4 Å². The van der Waals surface area contributed by atoms with Crippen LogP contribution in [-0.2, 0) is 0 Å². The van der Waals surface area contributed by atoms with Gasteiger partial charge in [0, 0.05) is 5.56 Å². The van der Waals surface area contributed by atoms with Crippen molar-refractivity contribution in [3.63, 3.8) is 0 Å². The van der Waals surface area contributed by atoms with Crippen molar-refractivity contribution in [1.29, 1.82) is 0 Å². The average Bonchev–Trinajstić information content (AvgIpc) is 2.97. The summed E-state index contributed by atoms with van der Waals surface area (Å²) in [6, 6.07) is 4.27.